The highest BCUT2D eigenvalue weighted by molar-refractivity contribution is 5.60. The molecule has 3 N–H and O–H groups in total. The predicted octanol–water partition coefficient (Wildman–Crippen LogP) is 2.12. The molecule has 3 aromatic heterocycles. The standard InChI is InChI=1S/C18H20F3N7O/c1-17(29,18(19,20)21)14-10-28-13(7-25-16(28)9-24-14)12-6-23-8-15(27-12)26-11-3-2-4-22-5-11/h6-11,22,29H,2-5H2,1H3,(H,26,27)/t11-,17?/m1/s1. The van der Waals surface area contributed by atoms with E-state index in [2.05, 4.69) is 30.6 Å². The van der Waals surface area contributed by atoms with Gasteiger partial charge in [-0.3, -0.25) is 14.4 Å². The van der Waals surface area contributed by atoms with E-state index in [0.717, 1.165) is 32.1 Å². The number of alkyl halides is 3. The molecule has 29 heavy (non-hydrogen) atoms. The Bertz CT molecular complexity index is 1010. The topological polar surface area (TPSA) is 100 Å². The molecule has 154 valence electrons. The average molecular weight is 407 g/mol. The molecule has 0 aromatic carbocycles. The SMILES string of the molecule is CC(O)(c1cn2c(-c3cncc(N[C@@H]4CCCNC4)n3)cnc2cn1)C(F)(F)F. The van der Waals surface area contributed by atoms with Crippen molar-refractivity contribution in [1.82, 2.24) is 29.7 Å². The van der Waals surface area contributed by atoms with Crippen molar-refractivity contribution < 1.29 is 18.3 Å². The third-order valence-electron chi connectivity index (χ3n) is 4.99. The number of hydrogen-bond acceptors (Lipinski definition) is 7. The van der Waals surface area contributed by atoms with E-state index in [0.29, 0.717) is 29.8 Å². The quantitative estimate of drug-likeness (QED) is 0.609. The fraction of sp³-hybridized carbons (Fsp3) is 0.444. The number of rotatable bonds is 4. The molecule has 4 heterocycles. The summed E-state index contributed by atoms with van der Waals surface area (Å²) in [6, 6.07) is 0.230. The van der Waals surface area contributed by atoms with Crippen LogP contribution in [0.15, 0.2) is 31.0 Å². The predicted molar refractivity (Wildman–Crippen MR) is 99.2 cm³/mol. The molecule has 0 aliphatic carbocycles. The molecule has 1 unspecified atom stereocenters. The average Bonchev–Trinajstić information content (AvgIpc) is 3.11. The number of imidazole rings is 1. The van der Waals surface area contributed by atoms with Gasteiger partial charge in [-0.15, -0.1) is 0 Å². The van der Waals surface area contributed by atoms with Crippen molar-refractivity contribution in [1.29, 1.82) is 0 Å². The van der Waals surface area contributed by atoms with Gasteiger partial charge in [0.15, 0.2) is 5.65 Å². The van der Waals surface area contributed by atoms with Crippen LogP contribution in [0, 0.1) is 0 Å². The van der Waals surface area contributed by atoms with Gasteiger partial charge in [0, 0.05) is 18.8 Å². The lowest BCUT2D eigenvalue weighted by Gasteiger charge is -2.25. The van der Waals surface area contributed by atoms with E-state index in [1.807, 2.05) is 0 Å². The van der Waals surface area contributed by atoms with Crippen molar-refractivity contribution in [3.05, 3.63) is 36.7 Å². The summed E-state index contributed by atoms with van der Waals surface area (Å²) >= 11 is 0. The zero-order valence-corrected chi connectivity index (χ0v) is 15.6. The summed E-state index contributed by atoms with van der Waals surface area (Å²) in [7, 11) is 0. The second kappa shape index (κ2) is 7.23. The molecule has 1 fully saturated rings. The van der Waals surface area contributed by atoms with Crippen LogP contribution < -0.4 is 10.6 Å². The third kappa shape index (κ3) is 3.75. The molecule has 1 aliphatic rings. The van der Waals surface area contributed by atoms with Crippen LogP contribution in [0.3, 0.4) is 0 Å². The second-order valence-corrected chi connectivity index (χ2v) is 7.19. The Kier molecular flexibility index (Phi) is 4.87. The number of halogens is 3. The van der Waals surface area contributed by atoms with Crippen molar-refractivity contribution in [2.45, 2.75) is 37.6 Å². The molecule has 0 spiro atoms. The molecule has 0 radical (unpaired) electrons. The van der Waals surface area contributed by atoms with Gasteiger partial charge in [-0.05, 0) is 26.3 Å². The van der Waals surface area contributed by atoms with E-state index in [1.54, 1.807) is 6.20 Å². The molecule has 0 saturated carbocycles. The lowest BCUT2D eigenvalue weighted by molar-refractivity contribution is -0.260. The Morgan fingerprint density at radius 2 is 2.03 bits per heavy atom. The molecular formula is C18H20F3N7O. The van der Waals surface area contributed by atoms with Crippen molar-refractivity contribution in [3.8, 4) is 11.4 Å². The maximum atomic E-state index is 13.2. The Balaban J connectivity index is 1.69. The van der Waals surface area contributed by atoms with Gasteiger partial charge < -0.3 is 15.7 Å². The monoisotopic (exact) mass is 407 g/mol. The third-order valence-corrected chi connectivity index (χ3v) is 4.99. The number of hydrogen-bond donors (Lipinski definition) is 3. The lowest BCUT2D eigenvalue weighted by Crippen LogP contribution is -2.40. The number of fused-ring (bicyclic) bond motifs is 1. The van der Waals surface area contributed by atoms with Crippen molar-refractivity contribution in [2.24, 2.45) is 0 Å². The van der Waals surface area contributed by atoms with Crippen LogP contribution in [0.1, 0.15) is 25.5 Å². The zero-order chi connectivity index (χ0) is 20.6. The van der Waals surface area contributed by atoms with Crippen LogP contribution in [0.5, 0.6) is 0 Å². The maximum Gasteiger partial charge on any atom is 0.422 e. The number of aromatic nitrogens is 5. The minimum Gasteiger partial charge on any atom is -0.375 e. The summed E-state index contributed by atoms with van der Waals surface area (Å²) in [6.07, 6.45) is 4.10. The van der Waals surface area contributed by atoms with Crippen LogP contribution in [0.2, 0.25) is 0 Å². The van der Waals surface area contributed by atoms with E-state index >= 15 is 0 Å². The van der Waals surface area contributed by atoms with Crippen molar-refractivity contribution in [3.63, 3.8) is 0 Å². The molecule has 0 bridgehead atoms. The van der Waals surface area contributed by atoms with Gasteiger partial charge in [-0.2, -0.15) is 13.2 Å². The fourth-order valence-corrected chi connectivity index (χ4v) is 3.22. The van der Waals surface area contributed by atoms with Gasteiger partial charge >= 0.3 is 6.18 Å². The minimum absolute atomic E-state index is 0.230. The number of aliphatic hydroxyl groups is 1. The Morgan fingerprint density at radius 1 is 1.21 bits per heavy atom. The summed E-state index contributed by atoms with van der Waals surface area (Å²) in [5.74, 6) is 0.572. The molecular weight excluding hydrogens is 387 g/mol. The first-order valence-corrected chi connectivity index (χ1v) is 9.18. The van der Waals surface area contributed by atoms with Crippen molar-refractivity contribution in [2.75, 3.05) is 18.4 Å². The highest BCUT2D eigenvalue weighted by Crippen LogP contribution is 2.37. The summed E-state index contributed by atoms with van der Waals surface area (Å²) < 4.78 is 41.0. The summed E-state index contributed by atoms with van der Waals surface area (Å²) in [4.78, 5) is 16.6. The first-order valence-electron chi connectivity index (χ1n) is 9.18. The smallest absolute Gasteiger partial charge is 0.375 e. The molecule has 3 aromatic rings. The van der Waals surface area contributed by atoms with Gasteiger partial charge in [-0.1, -0.05) is 0 Å². The van der Waals surface area contributed by atoms with Gasteiger partial charge in [0.2, 0.25) is 5.60 Å². The highest BCUT2D eigenvalue weighted by atomic mass is 19.4. The molecule has 2 atom stereocenters. The molecule has 1 aliphatic heterocycles. The van der Waals surface area contributed by atoms with E-state index in [-0.39, 0.29) is 6.04 Å². The summed E-state index contributed by atoms with van der Waals surface area (Å²) in [5.41, 5.74) is -2.41. The maximum absolute atomic E-state index is 13.2. The molecule has 4 rings (SSSR count). The Morgan fingerprint density at radius 3 is 2.76 bits per heavy atom. The number of anilines is 1. The largest absolute Gasteiger partial charge is 0.422 e. The molecule has 1 saturated heterocycles. The van der Waals surface area contributed by atoms with Crippen LogP contribution in [0.25, 0.3) is 17.0 Å². The fourth-order valence-electron chi connectivity index (χ4n) is 3.22. The summed E-state index contributed by atoms with van der Waals surface area (Å²) in [5, 5.41) is 16.6. The van der Waals surface area contributed by atoms with E-state index in [4.69, 9.17) is 0 Å². The summed E-state index contributed by atoms with van der Waals surface area (Å²) in [6.45, 7) is 2.48. The van der Waals surface area contributed by atoms with Crippen LogP contribution in [-0.4, -0.2) is 54.8 Å². The normalized spacial score (nSPS) is 19.8. The first-order chi connectivity index (χ1) is 13.8. The van der Waals surface area contributed by atoms with Gasteiger partial charge in [0.25, 0.3) is 0 Å². The number of nitrogens with one attached hydrogen (secondary N) is 2. The van der Waals surface area contributed by atoms with Crippen molar-refractivity contribution >= 4 is 11.5 Å². The van der Waals surface area contributed by atoms with Crippen LogP contribution in [-0.2, 0) is 5.60 Å². The van der Waals surface area contributed by atoms with Gasteiger partial charge in [0.05, 0.1) is 36.2 Å². The zero-order valence-electron chi connectivity index (χ0n) is 15.6. The van der Waals surface area contributed by atoms with Crippen LogP contribution >= 0.6 is 0 Å². The van der Waals surface area contributed by atoms with E-state index in [9.17, 15) is 18.3 Å². The second-order valence-electron chi connectivity index (χ2n) is 7.19. The minimum atomic E-state index is -4.87. The van der Waals surface area contributed by atoms with Crippen LogP contribution in [0.4, 0.5) is 19.0 Å². The van der Waals surface area contributed by atoms with E-state index < -0.39 is 17.5 Å². The Hall–Kier alpha value is -2.79. The lowest BCUT2D eigenvalue weighted by atomic mass is 10.0. The molecule has 0 amide bonds. The van der Waals surface area contributed by atoms with E-state index in [1.165, 1.54) is 23.0 Å². The number of nitrogens with zero attached hydrogens (tertiary/aromatic N) is 5. The molecule has 11 heteroatoms. The number of piperidine rings is 1. The Labute approximate surface area is 164 Å². The van der Waals surface area contributed by atoms with Gasteiger partial charge in [0.1, 0.15) is 11.5 Å². The highest BCUT2D eigenvalue weighted by Gasteiger charge is 2.52. The van der Waals surface area contributed by atoms with Gasteiger partial charge in [-0.25, -0.2) is 9.97 Å². The molecule has 8 nitrogen and oxygen atoms in total. The first kappa shape index (κ1) is 19.5.